The highest BCUT2D eigenvalue weighted by atomic mass is 16.7. The van der Waals surface area contributed by atoms with E-state index in [1.807, 2.05) is 0 Å². The largest absolute Gasteiger partial charge is 0.444 e. The minimum absolute atomic E-state index is 0.0235. The van der Waals surface area contributed by atoms with Gasteiger partial charge in [0, 0.05) is 12.8 Å². The summed E-state index contributed by atoms with van der Waals surface area (Å²) in [6.07, 6.45) is -1.69. The van der Waals surface area contributed by atoms with E-state index in [1.165, 1.54) is 0 Å². The summed E-state index contributed by atoms with van der Waals surface area (Å²) in [6, 6.07) is -1.27. The Balaban J connectivity index is 2.91. The van der Waals surface area contributed by atoms with Gasteiger partial charge in [-0.25, -0.2) is 9.59 Å². The van der Waals surface area contributed by atoms with Crippen molar-refractivity contribution in [3.63, 3.8) is 0 Å². The lowest BCUT2D eigenvalue weighted by molar-refractivity contribution is -0.202. The van der Waals surface area contributed by atoms with Gasteiger partial charge in [-0.05, 0) is 48.5 Å². The van der Waals surface area contributed by atoms with Gasteiger partial charge in [-0.3, -0.25) is 9.59 Å². The molecule has 1 saturated heterocycles. The third-order valence-electron chi connectivity index (χ3n) is 3.12. The lowest BCUT2D eigenvalue weighted by Crippen LogP contribution is -2.53. The molecule has 1 N–H and O–H groups in total. The van der Waals surface area contributed by atoms with E-state index >= 15 is 0 Å². The molecule has 0 bridgehead atoms. The number of nitrogens with zero attached hydrogens (tertiary/aromatic N) is 1. The van der Waals surface area contributed by atoms with E-state index in [4.69, 9.17) is 14.3 Å². The first-order chi connectivity index (χ1) is 11.7. The minimum atomic E-state index is -1.27. The zero-order chi connectivity index (χ0) is 20.3. The van der Waals surface area contributed by atoms with Gasteiger partial charge in [-0.15, -0.1) is 5.06 Å². The van der Waals surface area contributed by atoms with Crippen LogP contribution in [0.3, 0.4) is 0 Å². The van der Waals surface area contributed by atoms with E-state index in [1.54, 1.807) is 48.5 Å². The van der Waals surface area contributed by atoms with E-state index in [9.17, 15) is 19.2 Å². The van der Waals surface area contributed by atoms with Crippen LogP contribution < -0.4 is 5.32 Å². The van der Waals surface area contributed by atoms with Crippen LogP contribution in [0.15, 0.2) is 0 Å². The molecule has 1 aliphatic heterocycles. The molecule has 0 unspecified atom stereocenters. The molecule has 2 atom stereocenters. The number of nitrogens with one attached hydrogen (secondary N) is 1. The molecule has 148 valence electrons. The van der Waals surface area contributed by atoms with Crippen molar-refractivity contribution in [1.29, 1.82) is 0 Å². The fourth-order valence-electron chi connectivity index (χ4n) is 2.23. The molecule has 0 saturated carbocycles. The molecule has 1 fully saturated rings. The number of carbonyl (C=O) groups is 4. The van der Waals surface area contributed by atoms with Crippen molar-refractivity contribution in [2.45, 2.75) is 84.7 Å². The van der Waals surface area contributed by atoms with Crippen LogP contribution in [0.1, 0.15) is 61.3 Å². The molecule has 1 heterocycles. The van der Waals surface area contributed by atoms with Gasteiger partial charge < -0.3 is 19.6 Å². The van der Waals surface area contributed by atoms with Crippen LogP contribution in [0.5, 0.6) is 0 Å². The highest BCUT2D eigenvalue weighted by Gasteiger charge is 2.39. The maximum atomic E-state index is 12.5. The van der Waals surface area contributed by atoms with Crippen LogP contribution in [0, 0.1) is 0 Å². The molecule has 0 spiro atoms. The number of hydroxylamine groups is 2. The summed E-state index contributed by atoms with van der Waals surface area (Å²) in [5.41, 5.74) is -1.37. The summed E-state index contributed by atoms with van der Waals surface area (Å²) in [6.45, 7) is 12.0. The molecule has 0 aromatic rings. The van der Waals surface area contributed by atoms with Crippen LogP contribution in [-0.4, -0.2) is 52.3 Å². The van der Waals surface area contributed by atoms with Gasteiger partial charge in [-0.1, -0.05) is 0 Å². The first kappa shape index (κ1) is 21.9. The van der Waals surface area contributed by atoms with Gasteiger partial charge in [0.25, 0.3) is 11.8 Å². The first-order valence-corrected chi connectivity index (χ1v) is 8.44. The van der Waals surface area contributed by atoms with Crippen molar-refractivity contribution in [3.8, 4) is 0 Å². The number of rotatable bonds is 5. The number of hydrogen-bond donors (Lipinski definition) is 1. The first-order valence-electron chi connectivity index (χ1n) is 8.44. The third-order valence-corrected chi connectivity index (χ3v) is 3.12. The van der Waals surface area contributed by atoms with Gasteiger partial charge in [0.1, 0.15) is 5.60 Å². The van der Waals surface area contributed by atoms with E-state index in [0.717, 1.165) is 0 Å². The topological polar surface area (TPSA) is 111 Å². The fourth-order valence-corrected chi connectivity index (χ4v) is 2.23. The van der Waals surface area contributed by atoms with Crippen molar-refractivity contribution in [1.82, 2.24) is 10.4 Å². The Labute approximate surface area is 153 Å². The second kappa shape index (κ2) is 8.03. The molecule has 0 radical (unpaired) electrons. The van der Waals surface area contributed by atoms with Crippen molar-refractivity contribution in [2.24, 2.45) is 0 Å². The van der Waals surface area contributed by atoms with Crippen LogP contribution in [-0.2, 0) is 28.7 Å². The normalized spacial score (nSPS) is 17.7. The van der Waals surface area contributed by atoms with Crippen molar-refractivity contribution in [3.05, 3.63) is 0 Å². The Morgan fingerprint density at radius 2 is 1.50 bits per heavy atom. The SMILES string of the molecule is C[C@@H](OC(C)(C)C)[C@H](NC(=O)OC(C)(C)C)C(=O)ON1C(=O)CCC1=O. The van der Waals surface area contributed by atoms with Gasteiger partial charge >= 0.3 is 12.1 Å². The summed E-state index contributed by atoms with van der Waals surface area (Å²) in [4.78, 5) is 52.7. The predicted octanol–water partition coefficient (Wildman–Crippen LogP) is 1.69. The second-order valence-corrected chi connectivity index (χ2v) is 8.05. The van der Waals surface area contributed by atoms with E-state index in [0.29, 0.717) is 5.06 Å². The molecule has 0 aromatic carbocycles. The van der Waals surface area contributed by atoms with Crippen molar-refractivity contribution in [2.75, 3.05) is 0 Å². The number of carbonyl (C=O) groups excluding carboxylic acids is 4. The molecule has 1 aliphatic rings. The monoisotopic (exact) mass is 372 g/mol. The minimum Gasteiger partial charge on any atom is -0.444 e. The van der Waals surface area contributed by atoms with Crippen LogP contribution in [0.2, 0.25) is 0 Å². The third kappa shape index (κ3) is 6.99. The molecule has 0 aliphatic carbocycles. The fraction of sp³-hybridized carbons (Fsp3) is 0.765. The van der Waals surface area contributed by atoms with Gasteiger partial charge in [0.2, 0.25) is 0 Å². The Bertz CT molecular complexity index is 559. The Kier molecular flexibility index (Phi) is 6.76. The molecule has 3 amide bonds. The van der Waals surface area contributed by atoms with Gasteiger partial charge in [-0.2, -0.15) is 0 Å². The summed E-state index contributed by atoms with van der Waals surface area (Å²) >= 11 is 0. The van der Waals surface area contributed by atoms with Crippen molar-refractivity contribution < 1.29 is 33.5 Å². The standard InChI is InChI=1S/C17H28N2O7/c1-10(24-16(2,3)4)13(18-15(23)25-17(5,6)7)14(22)26-19-11(20)8-9-12(19)21/h10,13H,8-9H2,1-7H3,(H,18,23)/t10-,13+/m1/s1. The van der Waals surface area contributed by atoms with E-state index in [2.05, 4.69) is 5.32 Å². The van der Waals surface area contributed by atoms with Gasteiger partial charge in [0.15, 0.2) is 6.04 Å². The number of alkyl carbamates (subject to hydrolysis) is 1. The molecule has 9 heteroatoms. The predicted molar refractivity (Wildman–Crippen MR) is 90.6 cm³/mol. The van der Waals surface area contributed by atoms with Crippen LogP contribution in [0.4, 0.5) is 4.79 Å². The highest BCUT2D eigenvalue weighted by Crippen LogP contribution is 2.17. The quantitative estimate of drug-likeness (QED) is 0.731. The Hall–Kier alpha value is -2.16. The van der Waals surface area contributed by atoms with Crippen LogP contribution >= 0.6 is 0 Å². The maximum Gasteiger partial charge on any atom is 0.408 e. The summed E-state index contributed by atoms with van der Waals surface area (Å²) in [5, 5.41) is 2.82. The maximum absolute atomic E-state index is 12.5. The number of imide groups is 1. The van der Waals surface area contributed by atoms with E-state index < -0.39 is 47.2 Å². The second-order valence-electron chi connectivity index (χ2n) is 8.05. The molecular weight excluding hydrogens is 344 g/mol. The Morgan fingerprint density at radius 3 is 1.92 bits per heavy atom. The highest BCUT2D eigenvalue weighted by molar-refractivity contribution is 6.01. The van der Waals surface area contributed by atoms with Gasteiger partial charge in [0.05, 0.1) is 11.7 Å². The van der Waals surface area contributed by atoms with E-state index in [-0.39, 0.29) is 12.8 Å². The van der Waals surface area contributed by atoms with Crippen LogP contribution in [0.25, 0.3) is 0 Å². The summed E-state index contributed by atoms with van der Waals surface area (Å²) in [7, 11) is 0. The lowest BCUT2D eigenvalue weighted by atomic mass is 10.1. The number of hydrogen-bond acceptors (Lipinski definition) is 7. The zero-order valence-electron chi connectivity index (χ0n) is 16.4. The molecule has 0 aromatic heterocycles. The summed E-state index contributed by atoms with van der Waals surface area (Å²) in [5.74, 6) is -2.20. The summed E-state index contributed by atoms with van der Waals surface area (Å²) < 4.78 is 10.9. The molecule has 26 heavy (non-hydrogen) atoms. The average molecular weight is 372 g/mol. The molecule has 1 rings (SSSR count). The molecule has 9 nitrogen and oxygen atoms in total. The zero-order valence-corrected chi connectivity index (χ0v) is 16.4. The average Bonchev–Trinajstić information content (AvgIpc) is 2.72. The Morgan fingerprint density at radius 1 is 1.00 bits per heavy atom. The molecular formula is C17H28N2O7. The lowest BCUT2D eigenvalue weighted by Gasteiger charge is -2.31. The number of ether oxygens (including phenoxy) is 2. The number of amides is 3. The smallest absolute Gasteiger partial charge is 0.408 e. The van der Waals surface area contributed by atoms with Crippen molar-refractivity contribution >= 4 is 23.9 Å².